The Balaban J connectivity index is 1.88. The minimum absolute atomic E-state index is 0.215. The normalized spacial score (nSPS) is 17.2. The number of benzene rings is 2. The summed E-state index contributed by atoms with van der Waals surface area (Å²) in [5.41, 5.74) is 1.34. The predicted molar refractivity (Wildman–Crippen MR) is 105 cm³/mol. The molecule has 1 saturated heterocycles. The van der Waals surface area contributed by atoms with E-state index in [9.17, 15) is 4.79 Å². The summed E-state index contributed by atoms with van der Waals surface area (Å²) in [5, 5.41) is 3.96. The van der Waals surface area contributed by atoms with E-state index in [-0.39, 0.29) is 5.91 Å². The first kappa shape index (κ1) is 17.9. The van der Waals surface area contributed by atoms with Crippen LogP contribution >= 0.6 is 35.0 Å². The van der Waals surface area contributed by atoms with Gasteiger partial charge in [0.15, 0.2) is 5.17 Å². The number of carbonyl (C=O) groups excluding carboxylic acids is 1. The molecule has 1 heterocycles. The fourth-order valence-corrected chi connectivity index (χ4v) is 3.36. The third-order valence-corrected chi connectivity index (χ3v) is 5.03. The monoisotopic (exact) mass is 392 g/mol. The number of ether oxygens (including phenoxy) is 1. The molecular weight excluding hydrogens is 379 g/mol. The second-order valence-corrected chi connectivity index (χ2v) is 6.84. The van der Waals surface area contributed by atoms with Crippen molar-refractivity contribution in [1.82, 2.24) is 5.32 Å². The Morgan fingerprint density at radius 1 is 1.20 bits per heavy atom. The maximum absolute atomic E-state index is 12.2. The van der Waals surface area contributed by atoms with Crippen LogP contribution in [0.1, 0.15) is 12.5 Å². The van der Waals surface area contributed by atoms with Crippen LogP contribution < -0.4 is 10.1 Å². The van der Waals surface area contributed by atoms with Crippen LogP contribution in [0.2, 0.25) is 10.0 Å². The number of nitrogens with one attached hydrogen (secondary N) is 1. The van der Waals surface area contributed by atoms with Crippen molar-refractivity contribution >= 4 is 57.8 Å². The van der Waals surface area contributed by atoms with Crippen LogP contribution in [0.4, 0.5) is 5.69 Å². The molecule has 128 valence electrons. The van der Waals surface area contributed by atoms with Crippen molar-refractivity contribution in [2.24, 2.45) is 4.99 Å². The molecule has 25 heavy (non-hydrogen) atoms. The zero-order valence-electron chi connectivity index (χ0n) is 13.3. The van der Waals surface area contributed by atoms with Gasteiger partial charge in [-0.1, -0.05) is 47.5 Å². The van der Waals surface area contributed by atoms with Crippen LogP contribution in [0.3, 0.4) is 0 Å². The average molecular weight is 393 g/mol. The molecule has 1 N–H and O–H groups in total. The number of nitrogens with zero attached hydrogens (tertiary/aromatic N) is 1. The number of halogens is 2. The summed E-state index contributed by atoms with van der Waals surface area (Å²) >= 11 is 13.4. The van der Waals surface area contributed by atoms with E-state index in [1.165, 1.54) is 11.8 Å². The van der Waals surface area contributed by atoms with Gasteiger partial charge in [-0.3, -0.25) is 4.79 Å². The van der Waals surface area contributed by atoms with E-state index in [0.717, 1.165) is 11.3 Å². The molecule has 4 nitrogen and oxygen atoms in total. The molecule has 7 heteroatoms. The second kappa shape index (κ2) is 7.95. The summed E-state index contributed by atoms with van der Waals surface area (Å²) < 4.78 is 5.59. The number of thioether (sulfide) groups is 1. The summed E-state index contributed by atoms with van der Waals surface area (Å²) in [6.45, 7) is 2.47. The van der Waals surface area contributed by atoms with Crippen LogP contribution in [-0.2, 0) is 4.79 Å². The molecule has 0 atom stereocenters. The Hall–Kier alpha value is -1.95. The lowest BCUT2D eigenvalue weighted by molar-refractivity contribution is -0.115. The minimum atomic E-state index is -0.215. The predicted octanol–water partition coefficient (Wildman–Crippen LogP) is 5.28. The number of hydrogen-bond acceptors (Lipinski definition) is 4. The molecule has 0 radical (unpaired) electrons. The van der Waals surface area contributed by atoms with Gasteiger partial charge in [-0.05, 0) is 43.0 Å². The van der Waals surface area contributed by atoms with Crippen molar-refractivity contribution in [2.45, 2.75) is 6.92 Å². The first-order valence-corrected chi connectivity index (χ1v) is 9.11. The summed E-state index contributed by atoms with van der Waals surface area (Å²) in [4.78, 5) is 17.1. The second-order valence-electron chi connectivity index (χ2n) is 5.03. The van der Waals surface area contributed by atoms with E-state index >= 15 is 0 Å². The fourth-order valence-electron chi connectivity index (χ4n) is 2.20. The van der Waals surface area contributed by atoms with E-state index < -0.39 is 0 Å². The molecule has 0 saturated carbocycles. The maximum atomic E-state index is 12.2. The Morgan fingerprint density at radius 3 is 2.80 bits per heavy atom. The van der Waals surface area contributed by atoms with Gasteiger partial charge in [0.2, 0.25) is 0 Å². The first-order chi connectivity index (χ1) is 12.1. The quantitative estimate of drug-likeness (QED) is 0.719. The minimum Gasteiger partial charge on any atom is -0.493 e. The standard InChI is InChI=1S/C18H14Cl2N2O2S/c1-2-24-14-9-4-3-6-11(14)10-15-17(23)22-18(25-15)21-13-8-5-7-12(19)16(13)20/h3-10H,2H2,1H3,(H,21,22,23)/b15-10+. The molecule has 1 amide bonds. The summed E-state index contributed by atoms with van der Waals surface area (Å²) in [7, 11) is 0. The summed E-state index contributed by atoms with van der Waals surface area (Å²) in [6, 6.07) is 12.7. The van der Waals surface area contributed by atoms with Gasteiger partial charge in [0, 0.05) is 5.56 Å². The SMILES string of the molecule is CCOc1ccccc1/C=C1/SC(=Nc2cccc(Cl)c2Cl)NC1=O. The Morgan fingerprint density at radius 2 is 2.00 bits per heavy atom. The third-order valence-electron chi connectivity index (χ3n) is 3.31. The van der Waals surface area contributed by atoms with E-state index in [1.807, 2.05) is 31.2 Å². The third kappa shape index (κ3) is 4.18. The Kier molecular flexibility index (Phi) is 5.68. The molecule has 1 aliphatic heterocycles. The number of amides is 1. The Bertz CT molecular complexity index is 881. The van der Waals surface area contributed by atoms with E-state index in [0.29, 0.717) is 32.4 Å². The average Bonchev–Trinajstić information content (AvgIpc) is 2.93. The van der Waals surface area contributed by atoms with E-state index in [1.54, 1.807) is 24.3 Å². The molecule has 3 rings (SSSR count). The van der Waals surface area contributed by atoms with E-state index in [4.69, 9.17) is 27.9 Å². The zero-order valence-corrected chi connectivity index (χ0v) is 15.6. The van der Waals surface area contributed by atoms with Crippen molar-refractivity contribution in [3.05, 3.63) is 63.0 Å². The molecule has 0 bridgehead atoms. The summed E-state index contributed by atoms with van der Waals surface area (Å²) in [6.07, 6.45) is 1.78. The largest absolute Gasteiger partial charge is 0.493 e. The smallest absolute Gasteiger partial charge is 0.264 e. The highest BCUT2D eigenvalue weighted by molar-refractivity contribution is 8.18. The van der Waals surface area contributed by atoms with Crippen LogP contribution in [0.25, 0.3) is 6.08 Å². The molecule has 0 spiro atoms. The Labute approximate surface area is 159 Å². The molecule has 1 fully saturated rings. The maximum Gasteiger partial charge on any atom is 0.264 e. The highest BCUT2D eigenvalue weighted by Crippen LogP contribution is 2.35. The molecule has 0 aliphatic carbocycles. The van der Waals surface area contributed by atoms with Crippen molar-refractivity contribution in [3.8, 4) is 5.75 Å². The van der Waals surface area contributed by atoms with Crippen molar-refractivity contribution in [3.63, 3.8) is 0 Å². The first-order valence-electron chi connectivity index (χ1n) is 7.54. The van der Waals surface area contributed by atoms with Crippen molar-refractivity contribution < 1.29 is 9.53 Å². The van der Waals surface area contributed by atoms with Gasteiger partial charge in [-0.25, -0.2) is 4.99 Å². The van der Waals surface area contributed by atoms with Gasteiger partial charge in [0.05, 0.1) is 27.2 Å². The number of para-hydroxylation sites is 1. The van der Waals surface area contributed by atoms with Crippen LogP contribution in [-0.4, -0.2) is 17.7 Å². The lowest BCUT2D eigenvalue weighted by Crippen LogP contribution is -2.19. The zero-order chi connectivity index (χ0) is 17.8. The molecule has 2 aromatic rings. The lowest BCUT2D eigenvalue weighted by Gasteiger charge is -2.06. The van der Waals surface area contributed by atoms with Gasteiger partial charge in [-0.2, -0.15) is 0 Å². The van der Waals surface area contributed by atoms with Crippen LogP contribution in [0.15, 0.2) is 52.4 Å². The number of rotatable bonds is 4. The van der Waals surface area contributed by atoms with Crippen LogP contribution in [0, 0.1) is 0 Å². The highest BCUT2D eigenvalue weighted by atomic mass is 35.5. The van der Waals surface area contributed by atoms with Crippen LogP contribution in [0.5, 0.6) is 5.75 Å². The fraction of sp³-hybridized carbons (Fsp3) is 0.111. The van der Waals surface area contributed by atoms with Gasteiger partial charge in [0.1, 0.15) is 5.75 Å². The van der Waals surface area contributed by atoms with Crippen molar-refractivity contribution in [1.29, 1.82) is 0 Å². The number of amidine groups is 1. The summed E-state index contributed by atoms with van der Waals surface area (Å²) in [5.74, 6) is 0.516. The van der Waals surface area contributed by atoms with Crippen molar-refractivity contribution in [2.75, 3.05) is 6.61 Å². The number of carbonyl (C=O) groups is 1. The van der Waals surface area contributed by atoms with Gasteiger partial charge >= 0.3 is 0 Å². The molecule has 0 aromatic heterocycles. The highest BCUT2D eigenvalue weighted by Gasteiger charge is 2.24. The van der Waals surface area contributed by atoms with Gasteiger partial charge in [-0.15, -0.1) is 0 Å². The molecular formula is C18H14Cl2N2O2S. The molecule has 0 unspecified atom stereocenters. The van der Waals surface area contributed by atoms with Gasteiger partial charge < -0.3 is 10.1 Å². The van der Waals surface area contributed by atoms with E-state index in [2.05, 4.69) is 10.3 Å². The van der Waals surface area contributed by atoms with Gasteiger partial charge in [0.25, 0.3) is 5.91 Å². The number of hydrogen-bond donors (Lipinski definition) is 1. The lowest BCUT2D eigenvalue weighted by atomic mass is 10.2. The topological polar surface area (TPSA) is 50.7 Å². The number of aliphatic imine (C=N–C) groups is 1. The molecule has 2 aromatic carbocycles. The molecule has 1 aliphatic rings.